The minimum atomic E-state index is -3.95. The molecular weight excluding hydrogens is 458 g/mol. The third kappa shape index (κ3) is 3.92. The molecule has 2 amide bonds. The molecule has 0 radical (unpaired) electrons. The molecular formula is C26H26F2N2O5. The number of amides is 2. The van der Waals surface area contributed by atoms with E-state index in [1.807, 2.05) is 53.8 Å². The first-order valence-electron chi connectivity index (χ1n) is 11.7. The monoisotopic (exact) mass is 484 g/mol. The highest BCUT2D eigenvalue weighted by Crippen LogP contribution is 2.45. The molecule has 9 heteroatoms. The zero-order chi connectivity index (χ0) is 24.8. The number of ether oxygens (including phenoxy) is 1. The van der Waals surface area contributed by atoms with E-state index in [-0.39, 0.29) is 37.8 Å². The van der Waals surface area contributed by atoms with E-state index in [1.165, 1.54) is 0 Å². The first kappa shape index (κ1) is 23.3. The maximum Gasteiger partial charge on any atom is 0.407 e. The van der Waals surface area contributed by atoms with Crippen molar-refractivity contribution in [1.82, 2.24) is 10.2 Å². The van der Waals surface area contributed by atoms with E-state index in [9.17, 15) is 28.3 Å². The number of piperidine rings is 2. The van der Waals surface area contributed by atoms with Gasteiger partial charge in [-0.3, -0.25) is 4.79 Å². The molecule has 0 unspecified atom stereocenters. The molecule has 184 valence electrons. The number of hydrogen-bond acceptors (Lipinski definition) is 4. The number of hydrogen-bond donors (Lipinski definition) is 2. The Labute approximate surface area is 201 Å². The summed E-state index contributed by atoms with van der Waals surface area (Å²) in [5.41, 5.74) is 2.45. The second-order valence-electron chi connectivity index (χ2n) is 9.58. The van der Waals surface area contributed by atoms with Crippen LogP contribution >= 0.6 is 0 Å². The highest BCUT2D eigenvalue weighted by Gasteiger charge is 2.58. The lowest BCUT2D eigenvalue weighted by atomic mass is 9.70. The van der Waals surface area contributed by atoms with Gasteiger partial charge in [0.25, 0.3) is 5.91 Å². The van der Waals surface area contributed by atoms with Crippen LogP contribution in [0.1, 0.15) is 42.7 Å². The maximum absolute atomic E-state index is 14.8. The fraction of sp³-hybridized carbons (Fsp3) is 0.423. The molecule has 2 aliphatic carbocycles. The molecule has 0 aromatic heterocycles. The number of fused-ring (bicyclic) bond motifs is 6. The Morgan fingerprint density at radius 3 is 2.17 bits per heavy atom. The van der Waals surface area contributed by atoms with Crippen molar-refractivity contribution in [3.05, 3.63) is 59.7 Å². The summed E-state index contributed by atoms with van der Waals surface area (Å²) < 4.78 is 34.9. The van der Waals surface area contributed by atoms with Crippen LogP contribution in [0.15, 0.2) is 48.5 Å². The van der Waals surface area contributed by atoms with E-state index in [0.717, 1.165) is 27.2 Å². The van der Waals surface area contributed by atoms with Crippen LogP contribution in [0.4, 0.5) is 13.6 Å². The third-order valence-electron chi connectivity index (χ3n) is 7.64. The van der Waals surface area contributed by atoms with Gasteiger partial charge in [-0.25, -0.2) is 9.59 Å². The number of halogens is 2. The number of rotatable bonds is 6. The number of aliphatic carboxylic acids is 1. The standard InChI is InChI=1S/C26H26F2N2O5/c27-26(28,22(31)30-13-16-9-11-25(30,12-10-16)23(32)33)15-29-24(34)35-14-21-19-7-3-1-5-17(19)18-6-2-4-8-20(18)21/h1-8,16,21H,9-15H2,(H,29,34)(H,32,33). The summed E-state index contributed by atoms with van der Waals surface area (Å²) in [6.45, 7) is -1.32. The van der Waals surface area contributed by atoms with E-state index in [4.69, 9.17) is 4.74 Å². The summed E-state index contributed by atoms with van der Waals surface area (Å²) in [7, 11) is 0. The minimum absolute atomic E-state index is 0.00827. The van der Waals surface area contributed by atoms with Gasteiger partial charge in [-0.2, -0.15) is 8.78 Å². The van der Waals surface area contributed by atoms with Crippen LogP contribution in [0.5, 0.6) is 0 Å². The summed E-state index contributed by atoms with van der Waals surface area (Å²) in [4.78, 5) is 37.7. The average molecular weight is 484 g/mol. The van der Waals surface area contributed by atoms with E-state index in [1.54, 1.807) is 0 Å². The SMILES string of the molecule is O=C(NCC(F)(F)C(=O)N1CC2CCC1(C(=O)O)CC2)OCC1c2ccccc2-c2ccccc21. The zero-order valence-electron chi connectivity index (χ0n) is 19.0. The third-order valence-corrected chi connectivity index (χ3v) is 7.64. The number of alkyl halides is 2. The number of nitrogens with one attached hydrogen (secondary N) is 1. The lowest BCUT2D eigenvalue weighted by Crippen LogP contribution is -2.67. The van der Waals surface area contributed by atoms with Gasteiger partial charge in [-0.15, -0.1) is 0 Å². The van der Waals surface area contributed by atoms with Gasteiger partial charge >= 0.3 is 18.0 Å². The largest absolute Gasteiger partial charge is 0.479 e. The van der Waals surface area contributed by atoms with E-state index in [0.29, 0.717) is 12.8 Å². The fourth-order valence-corrected chi connectivity index (χ4v) is 5.75. The molecule has 2 aliphatic heterocycles. The number of carboxylic acid groups (broad SMARTS) is 1. The molecule has 0 atom stereocenters. The van der Waals surface area contributed by atoms with Gasteiger partial charge in [-0.05, 0) is 53.9 Å². The van der Waals surface area contributed by atoms with Crippen molar-refractivity contribution in [2.45, 2.75) is 43.1 Å². The van der Waals surface area contributed by atoms with E-state index in [2.05, 4.69) is 0 Å². The first-order valence-corrected chi connectivity index (χ1v) is 11.7. The summed E-state index contributed by atoms with van der Waals surface area (Å²) in [5.74, 6) is -6.99. The molecule has 7 nitrogen and oxygen atoms in total. The van der Waals surface area contributed by atoms with Gasteiger partial charge in [0.15, 0.2) is 0 Å². The van der Waals surface area contributed by atoms with Crippen LogP contribution in [-0.4, -0.2) is 59.1 Å². The van der Waals surface area contributed by atoms with Crippen LogP contribution in [0.3, 0.4) is 0 Å². The number of alkyl carbamates (subject to hydrolysis) is 1. The Balaban J connectivity index is 1.21. The molecule has 2 bridgehead atoms. The smallest absolute Gasteiger partial charge is 0.407 e. The summed E-state index contributed by atoms with van der Waals surface area (Å²) in [6, 6.07) is 15.5. The highest BCUT2D eigenvalue weighted by molar-refractivity contribution is 5.91. The molecule has 2 heterocycles. The Morgan fingerprint density at radius 2 is 1.60 bits per heavy atom. The highest BCUT2D eigenvalue weighted by atomic mass is 19.3. The van der Waals surface area contributed by atoms with Crippen LogP contribution in [0.25, 0.3) is 11.1 Å². The summed E-state index contributed by atoms with van der Waals surface area (Å²) in [6.07, 6.45) is 0.454. The van der Waals surface area contributed by atoms with Crippen molar-refractivity contribution < 1.29 is 33.0 Å². The quantitative estimate of drug-likeness (QED) is 0.646. The minimum Gasteiger partial charge on any atom is -0.479 e. The number of benzene rings is 2. The van der Waals surface area contributed by atoms with Gasteiger partial charge in [-0.1, -0.05) is 48.5 Å². The Morgan fingerprint density at radius 1 is 1.03 bits per heavy atom. The number of carboxylic acids is 1. The van der Waals surface area contributed by atoms with E-state index < -0.39 is 36.0 Å². The molecule has 2 N–H and O–H groups in total. The number of carbonyl (C=O) groups excluding carboxylic acids is 2. The molecule has 0 spiro atoms. The van der Waals surface area contributed by atoms with Crippen molar-refractivity contribution in [3.8, 4) is 11.1 Å². The van der Waals surface area contributed by atoms with Gasteiger partial charge in [0.2, 0.25) is 0 Å². The molecule has 1 saturated carbocycles. The van der Waals surface area contributed by atoms with Crippen molar-refractivity contribution in [3.63, 3.8) is 0 Å². The Bertz CT molecular complexity index is 1130. The van der Waals surface area contributed by atoms with Crippen LogP contribution < -0.4 is 5.32 Å². The Kier molecular flexibility index (Phi) is 5.73. The van der Waals surface area contributed by atoms with Crippen molar-refractivity contribution in [2.24, 2.45) is 5.92 Å². The summed E-state index contributed by atoms with van der Waals surface area (Å²) in [5, 5.41) is 11.7. The predicted octanol–water partition coefficient (Wildman–Crippen LogP) is 4.02. The average Bonchev–Trinajstić information content (AvgIpc) is 3.20. The van der Waals surface area contributed by atoms with Crippen molar-refractivity contribution >= 4 is 18.0 Å². The lowest BCUT2D eigenvalue weighted by Gasteiger charge is -2.52. The van der Waals surface area contributed by atoms with Crippen LogP contribution in [-0.2, 0) is 14.3 Å². The molecule has 6 rings (SSSR count). The van der Waals surface area contributed by atoms with Gasteiger partial charge in [0.1, 0.15) is 12.1 Å². The molecule has 2 aromatic rings. The van der Waals surface area contributed by atoms with Gasteiger partial charge in [0.05, 0.1) is 6.54 Å². The molecule has 3 fully saturated rings. The maximum atomic E-state index is 14.8. The predicted molar refractivity (Wildman–Crippen MR) is 122 cm³/mol. The Hall–Kier alpha value is -3.49. The normalized spacial score (nSPS) is 22.9. The topological polar surface area (TPSA) is 95.9 Å². The first-order chi connectivity index (χ1) is 16.7. The van der Waals surface area contributed by atoms with Gasteiger partial charge < -0.3 is 20.1 Å². The van der Waals surface area contributed by atoms with Crippen LogP contribution in [0, 0.1) is 5.92 Å². The van der Waals surface area contributed by atoms with Crippen molar-refractivity contribution in [2.75, 3.05) is 19.7 Å². The summed E-state index contributed by atoms with van der Waals surface area (Å²) >= 11 is 0. The second-order valence-corrected chi connectivity index (χ2v) is 9.58. The second kappa shape index (κ2) is 8.62. The fourth-order valence-electron chi connectivity index (χ4n) is 5.75. The molecule has 2 saturated heterocycles. The number of carbonyl (C=O) groups is 3. The molecule has 2 aromatic carbocycles. The van der Waals surface area contributed by atoms with Gasteiger partial charge in [0, 0.05) is 12.5 Å². The van der Waals surface area contributed by atoms with Crippen LogP contribution in [0.2, 0.25) is 0 Å². The molecule has 35 heavy (non-hydrogen) atoms. The zero-order valence-corrected chi connectivity index (χ0v) is 19.0. The number of nitrogens with zero attached hydrogens (tertiary/aromatic N) is 1. The lowest BCUT2D eigenvalue weighted by molar-refractivity contribution is -0.183. The van der Waals surface area contributed by atoms with Crippen molar-refractivity contribution in [1.29, 1.82) is 0 Å². The van der Waals surface area contributed by atoms with E-state index >= 15 is 0 Å². The molecule has 4 aliphatic rings.